The van der Waals surface area contributed by atoms with E-state index in [1.54, 1.807) is 36.0 Å². The maximum atomic E-state index is 14.6. The van der Waals surface area contributed by atoms with Gasteiger partial charge in [0.2, 0.25) is 5.91 Å². The number of aryl methyl sites for hydroxylation is 1. The first-order valence-corrected chi connectivity index (χ1v) is 9.82. The highest BCUT2D eigenvalue weighted by Gasteiger charge is 2.34. The maximum absolute atomic E-state index is 14.6. The van der Waals surface area contributed by atoms with Gasteiger partial charge in [0.05, 0.1) is 11.4 Å². The molecule has 2 heterocycles. The Bertz CT molecular complexity index is 1210. The van der Waals surface area contributed by atoms with Crippen molar-refractivity contribution in [3.8, 4) is 5.69 Å². The number of carbonyl (C=O) groups is 2. The molecule has 0 radical (unpaired) electrons. The van der Waals surface area contributed by atoms with Crippen LogP contribution < -0.4 is 16.1 Å². The highest BCUT2D eigenvalue weighted by Crippen LogP contribution is 2.25. The van der Waals surface area contributed by atoms with Crippen LogP contribution in [0.1, 0.15) is 17.8 Å². The van der Waals surface area contributed by atoms with Crippen molar-refractivity contribution in [3.63, 3.8) is 0 Å². The van der Waals surface area contributed by atoms with E-state index in [2.05, 4.69) is 15.4 Å². The zero-order valence-corrected chi connectivity index (χ0v) is 17.1. The van der Waals surface area contributed by atoms with E-state index in [0.717, 1.165) is 0 Å². The lowest BCUT2D eigenvalue weighted by Crippen LogP contribution is -2.39. The number of anilines is 1. The summed E-state index contributed by atoms with van der Waals surface area (Å²) in [5.74, 6) is -1.40. The third-order valence-corrected chi connectivity index (χ3v) is 5.14. The van der Waals surface area contributed by atoms with Crippen molar-refractivity contribution in [2.75, 3.05) is 5.01 Å². The number of nitrogens with one attached hydrogen (secondary N) is 1. The molecule has 1 unspecified atom stereocenters. The van der Waals surface area contributed by atoms with Crippen molar-refractivity contribution in [3.05, 3.63) is 77.9 Å². The standard InChI is InChI=1S/C22H20F2N6O2/c1-13-26-8-9-29(13)19-7-2-14(10-17(19)24)12-27-22(32)18-11-20(21(25)31)30(28-18)16-5-3-15(23)4-6-16/h2-10,20H,11-12H2,1H3,(H2,25,31)(H,27,32). The number of carbonyl (C=O) groups excluding carboxylic acids is 2. The summed E-state index contributed by atoms with van der Waals surface area (Å²) in [4.78, 5) is 28.5. The Morgan fingerprint density at radius 2 is 1.94 bits per heavy atom. The van der Waals surface area contributed by atoms with Crippen molar-refractivity contribution in [1.29, 1.82) is 0 Å². The van der Waals surface area contributed by atoms with E-state index in [-0.39, 0.29) is 18.7 Å². The second kappa shape index (κ2) is 8.58. The molecule has 1 aromatic heterocycles. The highest BCUT2D eigenvalue weighted by molar-refractivity contribution is 6.40. The summed E-state index contributed by atoms with van der Waals surface area (Å²) in [6, 6.07) is 9.13. The predicted octanol–water partition coefficient (Wildman–Crippen LogP) is 2.20. The first-order valence-electron chi connectivity index (χ1n) is 9.82. The lowest BCUT2D eigenvalue weighted by molar-refractivity contribution is -0.119. The van der Waals surface area contributed by atoms with Gasteiger partial charge in [0.1, 0.15) is 29.2 Å². The Morgan fingerprint density at radius 1 is 1.19 bits per heavy atom. The second-order valence-electron chi connectivity index (χ2n) is 7.30. The molecular weight excluding hydrogens is 418 g/mol. The van der Waals surface area contributed by atoms with Gasteiger partial charge in [0.25, 0.3) is 5.91 Å². The van der Waals surface area contributed by atoms with E-state index in [9.17, 15) is 18.4 Å². The van der Waals surface area contributed by atoms with Crippen LogP contribution in [0.25, 0.3) is 5.69 Å². The van der Waals surface area contributed by atoms with Crippen molar-refractivity contribution in [1.82, 2.24) is 14.9 Å². The van der Waals surface area contributed by atoms with Crippen molar-refractivity contribution < 1.29 is 18.4 Å². The zero-order valence-electron chi connectivity index (χ0n) is 17.1. The van der Waals surface area contributed by atoms with Gasteiger partial charge in [-0.3, -0.25) is 14.6 Å². The van der Waals surface area contributed by atoms with Gasteiger partial charge in [-0.2, -0.15) is 5.10 Å². The Balaban J connectivity index is 1.46. The summed E-state index contributed by atoms with van der Waals surface area (Å²) in [6.45, 7) is 1.83. The number of nitrogens with two attached hydrogens (primary N) is 1. The minimum Gasteiger partial charge on any atom is -0.368 e. The lowest BCUT2D eigenvalue weighted by atomic mass is 10.1. The number of hydrogen-bond acceptors (Lipinski definition) is 5. The molecule has 10 heteroatoms. The fraction of sp³-hybridized carbons (Fsp3) is 0.182. The van der Waals surface area contributed by atoms with Gasteiger partial charge in [-0.1, -0.05) is 6.07 Å². The number of hydrogen-bond donors (Lipinski definition) is 2. The number of aromatic nitrogens is 2. The van der Waals surface area contributed by atoms with E-state index in [1.807, 2.05) is 0 Å². The van der Waals surface area contributed by atoms with E-state index in [1.165, 1.54) is 35.3 Å². The highest BCUT2D eigenvalue weighted by atomic mass is 19.1. The quantitative estimate of drug-likeness (QED) is 0.615. The normalized spacial score (nSPS) is 15.5. The first-order chi connectivity index (χ1) is 15.3. The molecule has 4 rings (SSSR count). The average Bonchev–Trinajstić information content (AvgIpc) is 3.40. The van der Waals surface area contributed by atoms with Gasteiger partial charge < -0.3 is 15.6 Å². The largest absolute Gasteiger partial charge is 0.368 e. The number of hydrazone groups is 1. The van der Waals surface area contributed by atoms with Crippen molar-refractivity contribution in [2.24, 2.45) is 10.8 Å². The molecular formula is C22H20F2N6O2. The van der Waals surface area contributed by atoms with Crippen LogP contribution >= 0.6 is 0 Å². The molecule has 0 bridgehead atoms. The molecule has 32 heavy (non-hydrogen) atoms. The molecule has 164 valence electrons. The molecule has 2 amide bonds. The smallest absolute Gasteiger partial charge is 0.267 e. The summed E-state index contributed by atoms with van der Waals surface area (Å²) >= 11 is 0. The number of amides is 2. The van der Waals surface area contributed by atoms with Crippen LogP contribution in [0.4, 0.5) is 14.5 Å². The molecule has 1 aliphatic heterocycles. The van der Waals surface area contributed by atoms with E-state index >= 15 is 0 Å². The van der Waals surface area contributed by atoms with E-state index in [4.69, 9.17) is 5.73 Å². The average molecular weight is 438 g/mol. The van der Waals surface area contributed by atoms with Gasteiger partial charge in [0.15, 0.2) is 0 Å². The summed E-state index contributed by atoms with van der Waals surface area (Å²) in [6.07, 6.45) is 3.25. The van der Waals surface area contributed by atoms with Crippen molar-refractivity contribution in [2.45, 2.75) is 25.9 Å². The van der Waals surface area contributed by atoms with Crippen LogP contribution in [0.2, 0.25) is 0 Å². The number of primary amides is 1. The van der Waals surface area contributed by atoms with Crippen molar-refractivity contribution >= 4 is 23.2 Å². The number of nitrogens with zero attached hydrogens (tertiary/aromatic N) is 4. The van der Waals surface area contributed by atoms with Gasteiger partial charge in [-0.05, 0) is 48.9 Å². The van der Waals surface area contributed by atoms with Gasteiger partial charge in [0, 0.05) is 25.4 Å². The molecule has 0 saturated carbocycles. The van der Waals surface area contributed by atoms with E-state index in [0.29, 0.717) is 22.8 Å². The van der Waals surface area contributed by atoms with Crippen LogP contribution in [0.3, 0.4) is 0 Å². The summed E-state index contributed by atoms with van der Waals surface area (Å²) < 4.78 is 29.4. The number of benzene rings is 2. The predicted molar refractivity (Wildman–Crippen MR) is 114 cm³/mol. The molecule has 2 aromatic carbocycles. The topological polar surface area (TPSA) is 106 Å². The number of imidazole rings is 1. The number of rotatable bonds is 6. The molecule has 0 saturated heterocycles. The van der Waals surface area contributed by atoms with Gasteiger partial charge >= 0.3 is 0 Å². The van der Waals surface area contributed by atoms with Crippen LogP contribution in [-0.4, -0.2) is 33.1 Å². The van der Waals surface area contributed by atoms with Gasteiger partial charge in [-0.25, -0.2) is 13.8 Å². The minimum atomic E-state index is -0.864. The van der Waals surface area contributed by atoms with Crippen LogP contribution in [0, 0.1) is 18.6 Å². The first kappa shape index (κ1) is 21.2. The molecule has 3 N–H and O–H groups in total. The fourth-order valence-corrected chi connectivity index (χ4v) is 3.47. The summed E-state index contributed by atoms with van der Waals surface area (Å²) in [5.41, 5.74) is 6.90. The molecule has 3 aromatic rings. The Labute approximate surface area is 182 Å². The Morgan fingerprint density at radius 3 is 2.56 bits per heavy atom. The summed E-state index contributed by atoms with van der Waals surface area (Å²) in [5, 5.41) is 8.19. The van der Waals surface area contributed by atoms with Crippen LogP contribution in [0.15, 0.2) is 60.0 Å². The SMILES string of the molecule is Cc1nccn1-c1ccc(CNC(=O)C2=NN(c3ccc(F)cc3)C(C(N)=O)C2)cc1F. The third kappa shape index (κ3) is 4.20. The molecule has 0 aliphatic carbocycles. The monoisotopic (exact) mass is 438 g/mol. The van der Waals surface area contributed by atoms with Crippen LogP contribution in [0.5, 0.6) is 0 Å². The van der Waals surface area contributed by atoms with Crippen LogP contribution in [-0.2, 0) is 16.1 Å². The summed E-state index contributed by atoms with van der Waals surface area (Å²) in [7, 11) is 0. The third-order valence-electron chi connectivity index (χ3n) is 5.14. The zero-order chi connectivity index (χ0) is 22.8. The van der Waals surface area contributed by atoms with Gasteiger partial charge in [-0.15, -0.1) is 0 Å². The molecule has 8 nitrogen and oxygen atoms in total. The van der Waals surface area contributed by atoms with E-state index < -0.39 is 29.5 Å². The molecule has 0 fully saturated rings. The maximum Gasteiger partial charge on any atom is 0.267 e. The molecule has 1 atom stereocenters. The molecule has 1 aliphatic rings. The minimum absolute atomic E-state index is 0.00570. The number of halogens is 2. The second-order valence-corrected chi connectivity index (χ2v) is 7.30. The Kier molecular flexibility index (Phi) is 5.67. The fourth-order valence-electron chi connectivity index (χ4n) is 3.47. The lowest BCUT2D eigenvalue weighted by Gasteiger charge is -2.20. The Hall–Kier alpha value is -4.08. The molecule has 0 spiro atoms.